The fourth-order valence-electron chi connectivity index (χ4n) is 2.27. The third-order valence-electron chi connectivity index (χ3n) is 3.42. The first-order chi connectivity index (χ1) is 10.1. The fraction of sp³-hybridized carbons (Fsp3) is 0.267. The number of hydrogen-bond acceptors (Lipinski definition) is 4. The molecule has 21 heavy (non-hydrogen) atoms. The number of carbonyl (C=O) groups excluding carboxylic acids is 1. The predicted octanol–water partition coefficient (Wildman–Crippen LogP) is 2.86. The molecule has 1 amide bonds. The number of rotatable bonds is 2. The number of ether oxygens (including phenoxy) is 1. The first-order valence-corrected chi connectivity index (χ1v) is 7.40. The highest BCUT2D eigenvalue weighted by molar-refractivity contribution is 9.10. The molecular formula is C15H14BrN3O2. The molecule has 1 atom stereocenters. The summed E-state index contributed by atoms with van der Waals surface area (Å²) in [4.78, 5) is 22.7. The highest BCUT2D eigenvalue weighted by atomic mass is 79.9. The molecule has 0 saturated carbocycles. The number of aromatic nitrogens is 2. The number of fused-ring (bicyclic) bond motifs is 1. The van der Waals surface area contributed by atoms with Crippen molar-refractivity contribution in [2.75, 3.05) is 4.90 Å². The molecule has 108 valence electrons. The standard InChI is InChI=1S/C15H14BrN3O2/c1-9-11(4-3-7-17-9)8-19-14-12(5-6-13(16)18-14)21-10(2)15(19)20/h3-7,10H,8H2,1-2H3. The topological polar surface area (TPSA) is 55.3 Å². The first kappa shape index (κ1) is 14.0. The molecule has 5 nitrogen and oxygen atoms in total. The van der Waals surface area contributed by atoms with E-state index in [2.05, 4.69) is 25.9 Å². The summed E-state index contributed by atoms with van der Waals surface area (Å²) in [5.74, 6) is 1.05. The highest BCUT2D eigenvalue weighted by Gasteiger charge is 2.33. The Kier molecular flexibility index (Phi) is 3.63. The van der Waals surface area contributed by atoms with Crippen molar-refractivity contribution >= 4 is 27.7 Å². The molecule has 0 N–H and O–H groups in total. The first-order valence-electron chi connectivity index (χ1n) is 6.61. The number of anilines is 1. The van der Waals surface area contributed by atoms with Crippen LogP contribution in [0.1, 0.15) is 18.2 Å². The van der Waals surface area contributed by atoms with Crippen LogP contribution in [0.4, 0.5) is 5.82 Å². The van der Waals surface area contributed by atoms with Gasteiger partial charge in [0.25, 0.3) is 5.91 Å². The smallest absolute Gasteiger partial charge is 0.269 e. The minimum Gasteiger partial charge on any atom is -0.477 e. The fourth-order valence-corrected chi connectivity index (χ4v) is 2.57. The molecular weight excluding hydrogens is 334 g/mol. The second-order valence-corrected chi connectivity index (χ2v) is 5.70. The molecule has 0 spiro atoms. The van der Waals surface area contributed by atoms with E-state index in [0.717, 1.165) is 11.3 Å². The molecule has 0 bridgehead atoms. The molecule has 3 rings (SSSR count). The van der Waals surface area contributed by atoms with Crippen LogP contribution in [0.25, 0.3) is 0 Å². The van der Waals surface area contributed by atoms with Crippen LogP contribution >= 0.6 is 15.9 Å². The summed E-state index contributed by atoms with van der Waals surface area (Å²) in [6, 6.07) is 7.45. The summed E-state index contributed by atoms with van der Waals surface area (Å²) in [6.07, 6.45) is 1.23. The van der Waals surface area contributed by atoms with Gasteiger partial charge in [0.1, 0.15) is 4.60 Å². The lowest BCUT2D eigenvalue weighted by atomic mass is 10.1. The molecule has 2 aromatic heterocycles. The van der Waals surface area contributed by atoms with Gasteiger partial charge in [0, 0.05) is 11.9 Å². The summed E-state index contributed by atoms with van der Waals surface area (Å²) >= 11 is 3.34. The minimum atomic E-state index is -0.516. The molecule has 6 heteroatoms. The molecule has 3 heterocycles. The van der Waals surface area contributed by atoms with E-state index in [1.165, 1.54) is 0 Å². The third-order valence-corrected chi connectivity index (χ3v) is 3.87. The highest BCUT2D eigenvalue weighted by Crippen LogP contribution is 2.34. The van der Waals surface area contributed by atoms with Crippen LogP contribution in [0.2, 0.25) is 0 Å². The van der Waals surface area contributed by atoms with Gasteiger partial charge in [-0.15, -0.1) is 0 Å². The maximum atomic E-state index is 12.4. The van der Waals surface area contributed by atoms with Gasteiger partial charge in [-0.3, -0.25) is 14.7 Å². The zero-order chi connectivity index (χ0) is 15.0. The van der Waals surface area contributed by atoms with E-state index in [-0.39, 0.29) is 5.91 Å². The van der Waals surface area contributed by atoms with E-state index >= 15 is 0 Å². The number of carbonyl (C=O) groups is 1. The lowest BCUT2D eigenvalue weighted by Gasteiger charge is -2.32. The van der Waals surface area contributed by atoms with E-state index in [9.17, 15) is 4.79 Å². The lowest BCUT2D eigenvalue weighted by Crippen LogP contribution is -2.44. The van der Waals surface area contributed by atoms with Gasteiger partial charge in [-0.25, -0.2) is 4.98 Å². The molecule has 1 aliphatic heterocycles. The Hall–Kier alpha value is -1.95. The second-order valence-electron chi connectivity index (χ2n) is 4.89. The van der Waals surface area contributed by atoms with Crippen molar-refractivity contribution in [3.05, 3.63) is 46.3 Å². The lowest BCUT2D eigenvalue weighted by molar-refractivity contribution is -0.125. The Morgan fingerprint density at radius 3 is 2.95 bits per heavy atom. The zero-order valence-electron chi connectivity index (χ0n) is 11.7. The molecule has 0 aliphatic carbocycles. The van der Waals surface area contributed by atoms with Crippen molar-refractivity contribution < 1.29 is 9.53 Å². The van der Waals surface area contributed by atoms with E-state index in [0.29, 0.717) is 22.7 Å². The van der Waals surface area contributed by atoms with Crippen LogP contribution in [0.3, 0.4) is 0 Å². The maximum Gasteiger partial charge on any atom is 0.269 e. The third kappa shape index (κ3) is 2.63. The normalized spacial score (nSPS) is 17.4. The number of nitrogens with zero attached hydrogens (tertiary/aromatic N) is 3. The van der Waals surface area contributed by atoms with Crippen molar-refractivity contribution in [1.29, 1.82) is 0 Å². The SMILES string of the molecule is Cc1ncccc1CN1C(=O)C(C)Oc2ccc(Br)nc21. The number of hydrogen-bond donors (Lipinski definition) is 0. The average Bonchev–Trinajstić information content (AvgIpc) is 2.46. The summed E-state index contributed by atoms with van der Waals surface area (Å²) in [7, 11) is 0. The van der Waals surface area contributed by atoms with Crippen molar-refractivity contribution in [3.8, 4) is 5.75 Å². The van der Waals surface area contributed by atoms with Crippen molar-refractivity contribution in [2.45, 2.75) is 26.5 Å². The van der Waals surface area contributed by atoms with Gasteiger partial charge in [-0.1, -0.05) is 6.07 Å². The van der Waals surface area contributed by atoms with Crippen LogP contribution in [0, 0.1) is 6.92 Å². The molecule has 0 aromatic carbocycles. The summed E-state index contributed by atoms with van der Waals surface area (Å²) in [6.45, 7) is 4.11. The monoisotopic (exact) mass is 347 g/mol. The zero-order valence-corrected chi connectivity index (χ0v) is 13.3. The van der Waals surface area contributed by atoms with Crippen molar-refractivity contribution in [3.63, 3.8) is 0 Å². The average molecular weight is 348 g/mol. The Balaban J connectivity index is 2.03. The Bertz CT molecular complexity index is 705. The minimum absolute atomic E-state index is 0.101. The van der Waals surface area contributed by atoms with Crippen LogP contribution in [0.15, 0.2) is 35.1 Å². The molecule has 0 radical (unpaired) electrons. The van der Waals surface area contributed by atoms with E-state index in [1.807, 2.05) is 25.1 Å². The van der Waals surface area contributed by atoms with Crippen LogP contribution in [0.5, 0.6) is 5.75 Å². The van der Waals surface area contributed by atoms with Gasteiger partial charge in [0.15, 0.2) is 17.7 Å². The predicted molar refractivity (Wildman–Crippen MR) is 82.2 cm³/mol. The number of pyridine rings is 2. The van der Waals surface area contributed by atoms with Gasteiger partial charge in [-0.05, 0) is 53.5 Å². The molecule has 1 aliphatic rings. The van der Waals surface area contributed by atoms with Crippen molar-refractivity contribution in [2.24, 2.45) is 0 Å². The Labute approximate surface area is 131 Å². The Morgan fingerprint density at radius 1 is 1.38 bits per heavy atom. The van der Waals surface area contributed by atoms with Gasteiger partial charge in [0.2, 0.25) is 0 Å². The van der Waals surface area contributed by atoms with Crippen molar-refractivity contribution in [1.82, 2.24) is 9.97 Å². The quantitative estimate of drug-likeness (QED) is 0.784. The number of aryl methyl sites for hydroxylation is 1. The van der Waals surface area contributed by atoms with Gasteiger partial charge in [-0.2, -0.15) is 0 Å². The van der Waals surface area contributed by atoms with E-state index in [1.54, 1.807) is 24.1 Å². The Morgan fingerprint density at radius 2 is 2.19 bits per heavy atom. The van der Waals surface area contributed by atoms with Crippen LogP contribution in [-0.4, -0.2) is 22.0 Å². The molecule has 1 unspecified atom stereocenters. The van der Waals surface area contributed by atoms with Crippen LogP contribution < -0.4 is 9.64 Å². The van der Waals surface area contributed by atoms with Gasteiger partial charge >= 0.3 is 0 Å². The van der Waals surface area contributed by atoms with E-state index in [4.69, 9.17) is 4.74 Å². The van der Waals surface area contributed by atoms with Crippen LogP contribution in [-0.2, 0) is 11.3 Å². The summed E-state index contributed by atoms with van der Waals surface area (Å²) in [5.41, 5.74) is 1.90. The van der Waals surface area contributed by atoms with Gasteiger partial charge < -0.3 is 4.74 Å². The number of amides is 1. The second kappa shape index (κ2) is 5.44. The van der Waals surface area contributed by atoms with Gasteiger partial charge in [0.05, 0.1) is 6.54 Å². The molecule has 0 fully saturated rings. The summed E-state index contributed by atoms with van der Waals surface area (Å²) in [5, 5.41) is 0. The van der Waals surface area contributed by atoms with E-state index < -0.39 is 6.10 Å². The largest absolute Gasteiger partial charge is 0.477 e. The molecule has 2 aromatic rings. The maximum absolute atomic E-state index is 12.4. The molecule has 0 saturated heterocycles. The number of halogens is 1. The summed E-state index contributed by atoms with van der Waals surface area (Å²) < 4.78 is 6.27.